The summed E-state index contributed by atoms with van der Waals surface area (Å²) in [6.07, 6.45) is 0.640. The zero-order chi connectivity index (χ0) is 19.9. The Morgan fingerprint density at radius 3 is 2.71 bits per heavy atom. The molecular weight excluding hydrogens is 358 g/mol. The van der Waals surface area contributed by atoms with Crippen LogP contribution in [0.1, 0.15) is 42.4 Å². The van der Waals surface area contributed by atoms with Crippen LogP contribution < -0.4 is 19.5 Å². The zero-order valence-corrected chi connectivity index (χ0v) is 16.4. The molecule has 2 aromatic carbocycles. The Labute approximate surface area is 163 Å². The van der Waals surface area contributed by atoms with Crippen molar-refractivity contribution >= 4 is 16.9 Å². The highest BCUT2D eigenvalue weighted by molar-refractivity contribution is 5.97. The summed E-state index contributed by atoms with van der Waals surface area (Å²) in [5, 5.41) is 3.91. The van der Waals surface area contributed by atoms with Gasteiger partial charge in [0.25, 0.3) is 5.91 Å². The third-order valence-corrected chi connectivity index (χ3v) is 4.94. The Hall–Kier alpha value is -3.15. The SMILES string of the molecule is COc1ccc2c(c1)OC(C)(C)C[C@@H]2NC(=O)c1cc2cccc(OC)c2o1. The third-order valence-electron chi connectivity index (χ3n) is 4.94. The summed E-state index contributed by atoms with van der Waals surface area (Å²) in [6.45, 7) is 4.00. The number of hydrogen-bond acceptors (Lipinski definition) is 5. The number of fused-ring (bicyclic) bond motifs is 2. The largest absolute Gasteiger partial charge is 0.497 e. The number of amides is 1. The molecule has 3 aromatic rings. The molecular formula is C22H23NO5. The van der Waals surface area contributed by atoms with E-state index >= 15 is 0 Å². The van der Waals surface area contributed by atoms with Crippen molar-refractivity contribution in [2.24, 2.45) is 0 Å². The second-order valence-electron chi connectivity index (χ2n) is 7.48. The van der Waals surface area contributed by atoms with Gasteiger partial charge >= 0.3 is 0 Å². The van der Waals surface area contributed by atoms with E-state index in [2.05, 4.69) is 5.32 Å². The zero-order valence-electron chi connectivity index (χ0n) is 16.4. The quantitative estimate of drug-likeness (QED) is 0.721. The Kier molecular flexibility index (Phi) is 4.41. The van der Waals surface area contributed by atoms with E-state index in [1.807, 2.05) is 44.2 Å². The molecule has 0 unspecified atom stereocenters. The normalized spacial score (nSPS) is 17.5. The molecule has 4 rings (SSSR count). The molecule has 1 aliphatic heterocycles. The molecule has 146 valence electrons. The number of para-hydroxylation sites is 1. The maximum Gasteiger partial charge on any atom is 0.287 e. The standard InChI is InChI=1S/C22H23NO5/c1-22(2)12-16(15-9-8-14(25-3)11-18(15)28-22)23-21(24)19-10-13-6-5-7-17(26-4)20(13)27-19/h5-11,16H,12H2,1-4H3,(H,23,24)/t16-/m0/s1. The summed E-state index contributed by atoms with van der Waals surface area (Å²) in [4.78, 5) is 12.9. The van der Waals surface area contributed by atoms with Gasteiger partial charge in [0.05, 0.1) is 20.3 Å². The lowest BCUT2D eigenvalue weighted by Gasteiger charge is -2.37. The molecule has 0 spiro atoms. The second kappa shape index (κ2) is 6.78. The topological polar surface area (TPSA) is 69.9 Å². The van der Waals surface area contributed by atoms with E-state index in [1.54, 1.807) is 26.4 Å². The van der Waals surface area contributed by atoms with Crippen LogP contribution in [-0.2, 0) is 0 Å². The van der Waals surface area contributed by atoms with Gasteiger partial charge in [0, 0.05) is 23.4 Å². The molecule has 28 heavy (non-hydrogen) atoms. The molecule has 1 aliphatic rings. The summed E-state index contributed by atoms with van der Waals surface area (Å²) in [7, 11) is 3.19. The van der Waals surface area contributed by atoms with E-state index < -0.39 is 5.60 Å². The Morgan fingerprint density at radius 2 is 1.96 bits per heavy atom. The Morgan fingerprint density at radius 1 is 1.14 bits per heavy atom. The van der Waals surface area contributed by atoms with Gasteiger partial charge in [-0.3, -0.25) is 4.79 Å². The molecule has 0 fully saturated rings. The van der Waals surface area contributed by atoms with Crippen molar-refractivity contribution in [1.82, 2.24) is 5.32 Å². The van der Waals surface area contributed by atoms with Gasteiger partial charge < -0.3 is 23.9 Å². The van der Waals surface area contributed by atoms with Crippen LogP contribution >= 0.6 is 0 Å². The minimum Gasteiger partial charge on any atom is -0.497 e. The lowest BCUT2D eigenvalue weighted by atomic mass is 9.89. The summed E-state index contributed by atoms with van der Waals surface area (Å²) in [5.74, 6) is 2.00. The Bertz CT molecular complexity index is 1040. The van der Waals surface area contributed by atoms with E-state index in [9.17, 15) is 4.79 Å². The van der Waals surface area contributed by atoms with E-state index in [4.69, 9.17) is 18.6 Å². The maximum absolute atomic E-state index is 12.9. The van der Waals surface area contributed by atoms with Gasteiger partial charge in [-0.15, -0.1) is 0 Å². The van der Waals surface area contributed by atoms with Crippen LogP contribution in [0.2, 0.25) is 0 Å². The van der Waals surface area contributed by atoms with Crippen molar-refractivity contribution in [2.45, 2.75) is 31.9 Å². The molecule has 0 saturated heterocycles. The monoisotopic (exact) mass is 381 g/mol. The summed E-state index contributed by atoms with van der Waals surface area (Å²) in [6, 6.07) is 12.7. The number of rotatable bonds is 4. The van der Waals surface area contributed by atoms with Crippen molar-refractivity contribution in [3.8, 4) is 17.2 Å². The van der Waals surface area contributed by atoms with Crippen LogP contribution in [-0.4, -0.2) is 25.7 Å². The van der Waals surface area contributed by atoms with E-state index in [0.29, 0.717) is 29.3 Å². The number of nitrogens with one attached hydrogen (secondary N) is 1. The smallest absolute Gasteiger partial charge is 0.287 e. The van der Waals surface area contributed by atoms with Crippen LogP contribution in [0.4, 0.5) is 0 Å². The Balaban J connectivity index is 1.64. The molecule has 1 atom stereocenters. The number of ether oxygens (including phenoxy) is 3. The number of benzene rings is 2. The number of furan rings is 1. The van der Waals surface area contributed by atoms with Gasteiger partial charge in [0.15, 0.2) is 17.1 Å². The van der Waals surface area contributed by atoms with Crippen LogP contribution in [0, 0.1) is 0 Å². The molecule has 1 amide bonds. The second-order valence-corrected chi connectivity index (χ2v) is 7.48. The minimum atomic E-state index is -0.422. The summed E-state index contributed by atoms with van der Waals surface area (Å²) < 4.78 is 22.5. The van der Waals surface area contributed by atoms with Crippen molar-refractivity contribution in [2.75, 3.05) is 14.2 Å². The highest BCUT2D eigenvalue weighted by Crippen LogP contribution is 2.41. The molecule has 0 bridgehead atoms. The first-order chi connectivity index (χ1) is 13.4. The van der Waals surface area contributed by atoms with Gasteiger partial charge in [-0.2, -0.15) is 0 Å². The van der Waals surface area contributed by atoms with Crippen LogP contribution in [0.5, 0.6) is 17.2 Å². The highest BCUT2D eigenvalue weighted by atomic mass is 16.5. The average Bonchev–Trinajstić information content (AvgIpc) is 3.11. The number of methoxy groups -OCH3 is 2. The summed E-state index contributed by atoms with van der Waals surface area (Å²) >= 11 is 0. The van der Waals surface area contributed by atoms with Gasteiger partial charge in [0.2, 0.25) is 0 Å². The fourth-order valence-corrected chi connectivity index (χ4v) is 3.63. The molecule has 0 aliphatic carbocycles. The predicted octanol–water partition coefficient (Wildman–Crippen LogP) is 4.48. The molecule has 1 N–H and O–H groups in total. The lowest BCUT2D eigenvalue weighted by molar-refractivity contribution is 0.0609. The summed E-state index contributed by atoms with van der Waals surface area (Å²) in [5.41, 5.74) is 1.06. The molecule has 6 heteroatoms. The molecule has 6 nitrogen and oxygen atoms in total. The number of hydrogen-bond donors (Lipinski definition) is 1. The van der Waals surface area contributed by atoms with Crippen molar-refractivity contribution in [1.29, 1.82) is 0 Å². The van der Waals surface area contributed by atoms with Crippen LogP contribution in [0.15, 0.2) is 46.9 Å². The first kappa shape index (κ1) is 18.2. The first-order valence-corrected chi connectivity index (χ1v) is 9.14. The first-order valence-electron chi connectivity index (χ1n) is 9.14. The van der Waals surface area contributed by atoms with Crippen LogP contribution in [0.3, 0.4) is 0 Å². The molecule has 0 saturated carbocycles. The van der Waals surface area contributed by atoms with Crippen molar-refractivity contribution < 1.29 is 23.4 Å². The van der Waals surface area contributed by atoms with Gasteiger partial charge in [0.1, 0.15) is 17.1 Å². The van der Waals surface area contributed by atoms with Crippen molar-refractivity contribution in [3.63, 3.8) is 0 Å². The maximum atomic E-state index is 12.9. The van der Waals surface area contributed by atoms with E-state index in [1.165, 1.54) is 0 Å². The van der Waals surface area contributed by atoms with E-state index in [-0.39, 0.29) is 17.7 Å². The average molecular weight is 381 g/mol. The number of carbonyl (C=O) groups excluding carboxylic acids is 1. The molecule has 1 aromatic heterocycles. The molecule has 0 radical (unpaired) electrons. The lowest BCUT2D eigenvalue weighted by Crippen LogP contribution is -2.41. The van der Waals surface area contributed by atoms with E-state index in [0.717, 1.165) is 10.9 Å². The van der Waals surface area contributed by atoms with Gasteiger partial charge in [-0.25, -0.2) is 0 Å². The number of carbonyl (C=O) groups is 1. The van der Waals surface area contributed by atoms with Gasteiger partial charge in [-0.05, 0) is 38.1 Å². The van der Waals surface area contributed by atoms with Gasteiger partial charge in [-0.1, -0.05) is 12.1 Å². The molecule has 2 heterocycles. The van der Waals surface area contributed by atoms with Crippen LogP contribution in [0.25, 0.3) is 11.0 Å². The fraction of sp³-hybridized carbons (Fsp3) is 0.318. The predicted molar refractivity (Wildman–Crippen MR) is 105 cm³/mol. The van der Waals surface area contributed by atoms with Crippen molar-refractivity contribution in [3.05, 3.63) is 53.8 Å². The fourth-order valence-electron chi connectivity index (χ4n) is 3.63. The highest BCUT2D eigenvalue weighted by Gasteiger charge is 2.35. The minimum absolute atomic E-state index is 0.202. The third kappa shape index (κ3) is 3.26.